The molecule has 0 spiro atoms. The molecule has 0 radical (unpaired) electrons. The maximum atomic E-state index is 13.7. The van der Waals surface area contributed by atoms with Crippen LogP contribution in [0.15, 0.2) is 32.9 Å². The highest BCUT2D eigenvalue weighted by atomic mass is 79.9. The van der Waals surface area contributed by atoms with Gasteiger partial charge in [-0.1, -0.05) is 0 Å². The zero-order valence-corrected chi connectivity index (χ0v) is 14.6. The van der Waals surface area contributed by atoms with Crippen molar-refractivity contribution in [3.05, 3.63) is 44.3 Å². The minimum atomic E-state index is -3.80. The molecule has 114 valence electrons. The van der Waals surface area contributed by atoms with Crippen LogP contribution in [-0.4, -0.2) is 19.8 Å². The average Bonchev–Trinajstić information content (AvgIpc) is 2.79. The number of halogens is 2. The van der Waals surface area contributed by atoms with E-state index in [1.54, 1.807) is 0 Å². The number of hydrogen-bond donors (Lipinski definition) is 1. The number of nitrogens with zero attached hydrogens (tertiary/aromatic N) is 1. The Morgan fingerprint density at radius 1 is 1.38 bits per heavy atom. The third-order valence-corrected chi connectivity index (χ3v) is 6.62. The lowest BCUT2D eigenvalue weighted by atomic mass is 10.2. The van der Waals surface area contributed by atoms with E-state index in [0.717, 1.165) is 15.4 Å². The van der Waals surface area contributed by atoms with Crippen molar-refractivity contribution in [2.75, 3.05) is 12.8 Å². The second-order valence-corrected chi connectivity index (χ2v) is 8.54. The molecule has 0 unspecified atom stereocenters. The van der Waals surface area contributed by atoms with Gasteiger partial charge in [0, 0.05) is 39.6 Å². The topological polar surface area (TPSA) is 63.4 Å². The van der Waals surface area contributed by atoms with Crippen LogP contribution in [0.2, 0.25) is 0 Å². The summed E-state index contributed by atoms with van der Waals surface area (Å²) in [6, 6.07) is 4.25. The zero-order valence-electron chi connectivity index (χ0n) is 11.4. The fraction of sp³-hybridized carbons (Fsp3) is 0.231. The number of hydrogen-bond acceptors (Lipinski definition) is 4. The van der Waals surface area contributed by atoms with Crippen LogP contribution < -0.4 is 5.73 Å². The van der Waals surface area contributed by atoms with E-state index in [0.29, 0.717) is 0 Å². The van der Waals surface area contributed by atoms with Crippen LogP contribution in [0.25, 0.3) is 0 Å². The van der Waals surface area contributed by atoms with Gasteiger partial charge in [-0.15, -0.1) is 11.3 Å². The molecule has 8 heteroatoms. The van der Waals surface area contributed by atoms with Crippen molar-refractivity contribution in [2.45, 2.75) is 18.4 Å². The van der Waals surface area contributed by atoms with E-state index >= 15 is 0 Å². The molecule has 0 saturated carbocycles. The molecular formula is C13H14BrFN2O2S2. The van der Waals surface area contributed by atoms with Crippen LogP contribution in [0.1, 0.15) is 10.4 Å². The van der Waals surface area contributed by atoms with Crippen molar-refractivity contribution in [1.29, 1.82) is 0 Å². The van der Waals surface area contributed by atoms with Crippen LogP contribution in [-0.2, 0) is 16.6 Å². The molecule has 0 aliphatic carbocycles. The van der Waals surface area contributed by atoms with E-state index < -0.39 is 15.8 Å². The molecule has 1 aromatic carbocycles. The van der Waals surface area contributed by atoms with Crippen LogP contribution in [0.3, 0.4) is 0 Å². The summed E-state index contributed by atoms with van der Waals surface area (Å²) in [7, 11) is -2.34. The van der Waals surface area contributed by atoms with Gasteiger partial charge in [0.1, 0.15) is 5.82 Å². The van der Waals surface area contributed by atoms with E-state index in [-0.39, 0.29) is 22.7 Å². The van der Waals surface area contributed by atoms with Crippen LogP contribution in [0, 0.1) is 12.7 Å². The molecule has 0 bridgehead atoms. The van der Waals surface area contributed by atoms with Crippen molar-refractivity contribution in [1.82, 2.24) is 4.31 Å². The Morgan fingerprint density at radius 2 is 2.05 bits per heavy atom. The zero-order chi connectivity index (χ0) is 15.8. The lowest BCUT2D eigenvalue weighted by Crippen LogP contribution is -2.27. The van der Waals surface area contributed by atoms with Gasteiger partial charge in [-0.05, 0) is 41.1 Å². The number of sulfonamides is 1. The fourth-order valence-electron chi connectivity index (χ4n) is 1.85. The lowest BCUT2D eigenvalue weighted by molar-refractivity contribution is 0.468. The number of thiophene rings is 1. The molecule has 0 saturated heterocycles. The lowest BCUT2D eigenvalue weighted by Gasteiger charge is -2.18. The summed E-state index contributed by atoms with van der Waals surface area (Å²) in [4.78, 5) is 0.785. The second-order valence-electron chi connectivity index (χ2n) is 4.62. The minimum absolute atomic E-state index is 0.0726. The number of anilines is 1. The summed E-state index contributed by atoms with van der Waals surface area (Å²) in [6.45, 7) is 1.64. The largest absolute Gasteiger partial charge is 0.399 e. The Hall–Kier alpha value is -0.960. The third kappa shape index (κ3) is 3.45. The average molecular weight is 393 g/mol. The second kappa shape index (κ2) is 6.04. The van der Waals surface area contributed by atoms with Crippen molar-refractivity contribution >= 4 is 43.0 Å². The molecule has 2 aromatic rings. The molecule has 1 heterocycles. The molecule has 0 aliphatic heterocycles. The van der Waals surface area contributed by atoms with Gasteiger partial charge in [-0.25, -0.2) is 12.8 Å². The van der Waals surface area contributed by atoms with Gasteiger partial charge >= 0.3 is 0 Å². The van der Waals surface area contributed by atoms with Crippen LogP contribution in [0.5, 0.6) is 0 Å². The molecule has 1 aromatic heterocycles. The van der Waals surface area contributed by atoms with Gasteiger partial charge in [-0.3, -0.25) is 0 Å². The summed E-state index contributed by atoms with van der Waals surface area (Å²) >= 11 is 4.77. The first kappa shape index (κ1) is 16.4. The van der Waals surface area contributed by atoms with Crippen molar-refractivity contribution in [3.8, 4) is 0 Å². The summed E-state index contributed by atoms with van der Waals surface area (Å²) in [5.41, 5.74) is 5.71. The smallest absolute Gasteiger partial charge is 0.243 e. The molecule has 2 N–H and O–H groups in total. The Labute approximate surface area is 135 Å². The normalized spacial score (nSPS) is 12.0. The van der Waals surface area contributed by atoms with E-state index in [1.807, 2.05) is 11.4 Å². The summed E-state index contributed by atoms with van der Waals surface area (Å²) in [5, 5.41) is 1.88. The van der Waals surface area contributed by atoms with Gasteiger partial charge in [0.15, 0.2) is 0 Å². The number of nitrogen functional groups attached to an aromatic ring is 1. The SMILES string of the molecule is Cc1c(F)cc(N)cc1S(=O)(=O)N(C)Cc1cc(Br)cs1. The number of nitrogens with two attached hydrogens (primary N) is 1. The highest BCUT2D eigenvalue weighted by Gasteiger charge is 2.25. The fourth-order valence-corrected chi connectivity index (χ4v) is 4.85. The molecule has 4 nitrogen and oxygen atoms in total. The summed E-state index contributed by atoms with van der Waals surface area (Å²) < 4.78 is 40.9. The standard InChI is InChI=1S/C13H14BrFN2O2S2/c1-8-12(15)4-10(16)5-13(8)21(18,19)17(2)6-11-3-9(14)7-20-11/h3-5,7H,6,16H2,1-2H3. The number of rotatable bonds is 4. The first-order chi connectivity index (χ1) is 9.71. The molecular weight excluding hydrogens is 379 g/mol. The highest BCUT2D eigenvalue weighted by Crippen LogP contribution is 2.27. The molecule has 0 aliphatic rings. The third-order valence-electron chi connectivity index (χ3n) is 3.01. The Kier molecular flexibility index (Phi) is 4.72. The van der Waals surface area contributed by atoms with Gasteiger partial charge in [0.05, 0.1) is 4.90 Å². The molecule has 0 amide bonds. The van der Waals surface area contributed by atoms with E-state index in [9.17, 15) is 12.8 Å². The predicted octanol–water partition coefficient (Wildman–Crippen LogP) is 3.36. The maximum absolute atomic E-state index is 13.7. The van der Waals surface area contributed by atoms with Gasteiger partial charge in [-0.2, -0.15) is 4.31 Å². The molecule has 0 fully saturated rings. The molecule has 0 atom stereocenters. The van der Waals surface area contributed by atoms with E-state index in [4.69, 9.17) is 5.73 Å². The first-order valence-corrected chi connectivity index (χ1v) is 9.08. The Bertz CT molecular complexity index is 774. The van der Waals surface area contributed by atoms with E-state index in [1.165, 1.54) is 35.7 Å². The van der Waals surface area contributed by atoms with Gasteiger partial charge in [0.2, 0.25) is 10.0 Å². The van der Waals surface area contributed by atoms with E-state index in [2.05, 4.69) is 15.9 Å². The van der Waals surface area contributed by atoms with Crippen molar-refractivity contribution < 1.29 is 12.8 Å². The van der Waals surface area contributed by atoms with Crippen molar-refractivity contribution in [3.63, 3.8) is 0 Å². The Morgan fingerprint density at radius 3 is 2.62 bits per heavy atom. The maximum Gasteiger partial charge on any atom is 0.243 e. The Balaban J connectivity index is 2.37. The van der Waals surface area contributed by atoms with Crippen LogP contribution >= 0.6 is 27.3 Å². The van der Waals surface area contributed by atoms with Gasteiger partial charge < -0.3 is 5.73 Å². The van der Waals surface area contributed by atoms with Gasteiger partial charge in [0.25, 0.3) is 0 Å². The first-order valence-electron chi connectivity index (χ1n) is 5.96. The van der Waals surface area contributed by atoms with Crippen molar-refractivity contribution in [2.24, 2.45) is 0 Å². The van der Waals surface area contributed by atoms with Crippen LogP contribution in [0.4, 0.5) is 10.1 Å². The predicted molar refractivity (Wildman–Crippen MR) is 86.2 cm³/mol. The molecule has 2 rings (SSSR count). The molecule has 21 heavy (non-hydrogen) atoms. The summed E-state index contributed by atoms with van der Waals surface area (Å²) in [6.07, 6.45) is 0. The minimum Gasteiger partial charge on any atom is -0.399 e. The quantitative estimate of drug-likeness (QED) is 0.811. The summed E-state index contributed by atoms with van der Waals surface area (Å²) in [5.74, 6) is -0.624. The highest BCUT2D eigenvalue weighted by molar-refractivity contribution is 9.10. The number of benzene rings is 1. The monoisotopic (exact) mass is 392 g/mol.